The smallest absolute Gasteiger partial charge is 0.260 e. The molecule has 2 rings (SSSR count). The van der Waals surface area contributed by atoms with Crippen LogP contribution >= 0.6 is 11.6 Å². The Morgan fingerprint density at radius 3 is 2.42 bits per heavy atom. The second-order valence-electron chi connectivity index (χ2n) is 5.60. The molecular weight excluding hydrogens is 326 g/mol. The van der Waals surface area contributed by atoms with Crippen LogP contribution in [-0.2, 0) is 4.79 Å². The van der Waals surface area contributed by atoms with Gasteiger partial charge in [-0.15, -0.1) is 0 Å². The molecule has 0 saturated carbocycles. The molecular formula is C19H22ClNO3. The highest BCUT2D eigenvalue weighted by atomic mass is 35.5. The summed E-state index contributed by atoms with van der Waals surface area (Å²) < 4.78 is 11.2. The third-order valence-corrected chi connectivity index (χ3v) is 3.90. The monoisotopic (exact) mass is 347 g/mol. The molecule has 0 fully saturated rings. The molecule has 0 bridgehead atoms. The number of amides is 1. The van der Waals surface area contributed by atoms with E-state index in [-0.39, 0.29) is 5.91 Å². The van der Waals surface area contributed by atoms with Crippen molar-refractivity contribution in [2.24, 2.45) is 0 Å². The van der Waals surface area contributed by atoms with E-state index in [1.165, 1.54) is 11.1 Å². The summed E-state index contributed by atoms with van der Waals surface area (Å²) >= 11 is 5.82. The number of hydrogen-bond acceptors (Lipinski definition) is 3. The van der Waals surface area contributed by atoms with Gasteiger partial charge in [-0.1, -0.05) is 17.7 Å². The van der Waals surface area contributed by atoms with Crippen molar-refractivity contribution in [3.63, 3.8) is 0 Å². The number of nitrogens with one attached hydrogen (secondary N) is 1. The number of hydrogen-bond donors (Lipinski definition) is 1. The van der Waals surface area contributed by atoms with Crippen molar-refractivity contribution in [2.75, 3.05) is 13.2 Å². The molecule has 0 aromatic heterocycles. The fourth-order valence-corrected chi connectivity index (χ4v) is 2.19. The lowest BCUT2D eigenvalue weighted by molar-refractivity contribution is -0.127. The summed E-state index contributed by atoms with van der Waals surface area (Å²) in [7, 11) is 0. The first kappa shape index (κ1) is 18.1. The van der Waals surface area contributed by atoms with Crippen LogP contribution in [0.5, 0.6) is 11.5 Å². The lowest BCUT2D eigenvalue weighted by atomic mass is 10.1. The van der Waals surface area contributed by atoms with Gasteiger partial charge in [-0.3, -0.25) is 4.79 Å². The maximum absolute atomic E-state index is 12.0. The molecule has 5 heteroatoms. The summed E-state index contributed by atoms with van der Waals surface area (Å²) in [6, 6.07) is 12.8. The van der Waals surface area contributed by atoms with Crippen LogP contribution in [0.1, 0.15) is 18.1 Å². The number of halogens is 1. The summed E-state index contributed by atoms with van der Waals surface area (Å²) in [4.78, 5) is 12.0. The Morgan fingerprint density at radius 2 is 1.75 bits per heavy atom. The predicted molar refractivity (Wildman–Crippen MR) is 96.0 cm³/mol. The Labute approximate surface area is 147 Å². The number of rotatable bonds is 7. The van der Waals surface area contributed by atoms with Crippen LogP contribution in [0.25, 0.3) is 0 Å². The SMILES string of the molecule is Cc1ccc(OCCNC(=O)[C@@H](C)Oc2ccc(Cl)cc2)cc1C. The van der Waals surface area contributed by atoms with E-state index in [0.29, 0.717) is 23.9 Å². The molecule has 0 aliphatic carbocycles. The normalized spacial score (nSPS) is 11.7. The van der Waals surface area contributed by atoms with Gasteiger partial charge in [-0.2, -0.15) is 0 Å². The number of carbonyl (C=O) groups is 1. The van der Waals surface area contributed by atoms with Crippen molar-refractivity contribution in [3.05, 3.63) is 58.6 Å². The number of carbonyl (C=O) groups excluding carboxylic acids is 1. The summed E-state index contributed by atoms with van der Waals surface area (Å²) in [6.07, 6.45) is -0.590. The maximum atomic E-state index is 12.0. The van der Waals surface area contributed by atoms with Crippen LogP contribution in [0.4, 0.5) is 0 Å². The van der Waals surface area contributed by atoms with E-state index in [2.05, 4.69) is 12.2 Å². The van der Waals surface area contributed by atoms with Crippen LogP contribution in [0.3, 0.4) is 0 Å². The van der Waals surface area contributed by atoms with Crippen LogP contribution in [-0.4, -0.2) is 25.2 Å². The third-order valence-electron chi connectivity index (χ3n) is 3.64. The molecule has 4 nitrogen and oxygen atoms in total. The van der Waals surface area contributed by atoms with Gasteiger partial charge in [-0.25, -0.2) is 0 Å². The first-order chi connectivity index (χ1) is 11.5. The van der Waals surface area contributed by atoms with Crippen molar-refractivity contribution < 1.29 is 14.3 Å². The largest absolute Gasteiger partial charge is 0.492 e. The van der Waals surface area contributed by atoms with E-state index in [0.717, 1.165) is 5.75 Å². The van der Waals surface area contributed by atoms with Crippen molar-refractivity contribution in [1.82, 2.24) is 5.32 Å². The Morgan fingerprint density at radius 1 is 1.08 bits per heavy atom. The van der Waals surface area contributed by atoms with E-state index < -0.39 is 6.10 Å². The highest BCUT2D eigenvalue weighted by Gasteiger charge is 2.14. The first-order valence-electron chi connectivity index (χ1n) is 7.85. The van der Waals surface area contributed by atoms with Crippen molar-refractivity contribution in [3.8, 4) is 11.5 Å². The zero-order chi connectivity index (χ0) is 17.5. The minimum Gasteiger partial charge on any atom is -0.492 e. The Balaban J connectivity index is 1.72. The molecule has 1 amide bonds. The molecule has 2 aromatic carbocycles. The maximum Gasteiger partial charge on any atom is 0.260 e. The topological polar surface area (TPSA) is 47.6 Å². The number of benzene rings is 2. The van der Waals surface area contributed by atoms with Crippen LogP contribution < -0.4 is 14.8 Å². The Hall–Kier alpha value is -2.20. The summed E-state index contributed by atoms with van der Waals surface area (Å²) in [6.45, 7) is 6.62. The van der Waals surface area contributed by atoms with E-state index in [1.807, 2.05) is 25.1 Å². The zero-order valence-corrected chi connectivity index (χ0v) is 14.9. The highest BCUT2D eigenvalue weighted by Crippen LogP contribution is 2.17. The van der Waals surface area contributed by atoms with Gasteiger partial charge in [0.1, 0.15) is 18.1 Å². The summed E-state index contributed by atoms with van der Waals surface area (Å²) in [5.41, 5.74) is 2.41. The lowest BCUT2D eigenvalue weighted by Crippen LogP contribution is -2.38. The van der Waals surface area contributed by atoms with Crippen molar-refractivity contribution in [1.29, 1.82) is 0 Å². The fraction of sp³-hybridized carbons (Fsp3) is 0.316. The minimum absolute atomic E-state index is 0.186. The van der Waals surface area contributed by atoms with Gasteiger partial charge in [0.05, 0.1) is 6.54 Å². The molecule has 0 unspecified atom stereocenters. The van der Waals surface area contributed by atoms with Gasteiger partial charge in [0.15, 0.2) is 6.10 Å². The van der Waals surface area contributed by atoms with E-state index >= 15 is 0 Å². The van der Waals surface area contributed by atoms with Crippen LogP contribution in [0.2, 0.25) is 5.02 Å². The van der Waals surface area contributed by atoms with E-state index in [9.17, 15) is 4.79 Å². The Kier molecular flexibility index (Phi) is 6.50. The number of ether oxygens (including phenoxy) is 2. The van der Waals surface area contributed by atoms with Gasteiger partial charge in [0, 0.05) is 5.02 Å². The standard InChI is InChI=1S/C19H22ClNO3/c1-13-4-7-18(12-14(13)2)23-11-10-21-19(22)15(3)24-17-8-5-16(20)6-9-17/h4-9,12,15H,10-11H2,1-3H3,(H,21,22)/t15-/m1/s1. The first-order valence-corrected chi connectivity index (χ1v) is 8.23. The molecule has 2 aromatic rings. The zero-order valence-electron chi connectivity index (χ0n) is 14.1. The van der Waals surface area contributed by atoms with Gasteiger partial charge < -0.3 is 14.8 Å². The molecule has 0 aliphatic rings. The third kappa shape index (κ3) is 5.46. The van der Waals surface area contributed by atoms with Crippen molar-refractivity contribution >= 4 is 17.5 Å². The quantitative estimate of drug-likeness (QED) is 0.772. The molecule has 1 N–H and O–H groups in total. The molecule has 0 aliphatic heterocycles. The average Bonchev–Trinajstić information content (AvgIpc) is 2.56. The second kappa shape index (κ2) is 8.60. The van der Waals surface area contributed by atoms with Crippen LogP contribution in [0, 0.1) is 13.8 Å². The van der Waals surface area contributed by atoms with E-state index in [1.54, 1.807) is 31.2 Å². The molecule has 0 saturated heterocycles. The predicted octanol–water partition coefficient (Wildman–Crippen LogP) is 3.92. The van der Waals surface area contributed by atoms with Gasteiger partial charge in [0.2, 0.25) is 0 Å². The molecule has 0 radical (unpaired) electrons. The van der Waals surface area contributed by atoms with Crippen molar-refractivity contribution in [2.45, 2.75) is 26.9 Å². The van der Waals surface area contributed by atoms with Crippen LogP contribution in [0.15, 0.2) is 42.5 Å². The second-order valence-corrected chi connectivity index (χ2v) is 6.04. The molecule has 0 heterocycles. The molecule has 1 atom stereocenters. The summed E-state index contributed by atoms with van der Waals surface area (Å²) in [5.74, 6) is 1.22. The molecule has 0 spiro atoms. The minimum atomic E-state index is -0.590. The highest BCUT2D eigenvalue weighted by molar-refractivity contribution is 6.30. The van der Waals surface area contributed by atoms with Gasteiger partial charge in [0.25, 0.3) is 5.91 Å². The summed E-state index contributed by atoms with van der Waals surface area (Å²) in [5, 5.41) is 3.42. The van der Waals surface area contributed by atoms with Gasteiger partial charge in [-0.05, 0) is 68.3 Å². The van der Waals surface area contributed by atoms with E-state index in [4.69, 9.17) is 21.1 Å². The van der Waals surface area contributed by atoms with Gasteiger partial charge >= 0.3 is 0 Å². The number of aryl methyl sites for hydroxylation is 2. The molecule has 128 valence electrons. The Bertz CT molecular complexity index is 686. The molecule has 24 heavy (non-hydrogen) atoms. The lowest BCUT2D eigenvalue weighted by Gasteiger charge is -2.15. The average molecular weight is 348 g/mol. The fourth-order valence-electron chi connectivity index (χ4n) is 2.06.